The molecule has 13 nitrogen and oxygen atoms in total. The first-order valence-corrected chi connectivity index (χ1v) is 20.5. The molecule has 2 heterocycles. The molecule has 0 radical (unpaired) electrons. The Morgan fingerprint density at radius 1 is 1.02 bits per heavy atom. The molecule has 1 aromatic heterocycles. The molecule has 5 amide bonds. The fourth-order valence-corrected chi connectivity index (χ4v) is 8.94. The van der Waals surface area contributed by atoms with Crippen LogP contribution in [0.25, 0.3) is 0 Å². The molecule has 0 spiro atoms. The van der Waals surface area contributed by atoms with Crippen molar-refractivity contribution in [2.24, 2.45) is 28.6 Å². The lowest BCUT2D eigenvalue weighted by atomic mass is 9.83. The van der Waals surface area contributed by atoms with Crippen LogP contribution in [0.4, 0.5) is 4.79 Å². The predicted molar refractivity (Wildman–Crippen MR) is 208 cm³/mol. The third-order valence-electron chi connectivity index (χ3n) is 10.1. The molecule has 5 N–H and O–H groups in total. The maximum absolute atomic E-state index is 14.6. The van der Waals surface area contributed by atoms with Crippen LogP contribution in [-0.4, -0.2) is 103 Å². The number of allylic oxidation sites excluding steroid dienone is 2. The van der Waals surface area contributed by atoms with Crippen LogP contribution in [0.1, 0.15) is 67.2 Å². The van der Waals surface area contributed by atoms with Gasteiger partial charge >= 0.3 is 6.03 Å². The van der Waals surface area contributed by atoms with Crippen LogP contribution in [0.5, 0.6) is 0 Å². The monoisotopic (exact) mass is 776 g/mol. The first-order valence-electron chi connectivity index (χ1n) is 18.2. The third kappa shape index (κ3) is 11.5. The largest absolute Gasteiger partial charge is 0.381 e. The van der Waals surface area contributed by atoms with Gasteiger partial charge in [0.1, 0.15) is 16.3 Å². The number of carbonyl (C=O) groups is 4. The quantitative estimate of drug-likeness (QED) is 0.141. The van der Waals surface area contributed by atoms with E-state index in [1.165, 1.54) is 28.4 Å². The standard InChI is InChI=1S/C38H60N6O7S2/c1-11-19-39-34(47)31(45)27(22-24-16-17-24)40-33(46)30-26(25(12-2)13-3)18-20-44(30)35(48)32(38(7,8)9)42-36(49)41-28(37(4,5)6)23-43(10)53(50,51)29-15-14-21-52-29/h11-15,21,24-28,30-32,45H,1-3,16-20,22-23H2,4-10H3,(H,39,47)(H,40,46)(H2,41,42,49)/t26-,27?,28-,30+,31?,32-/m1/s1. The molecule has 53 heavy (non-hydrogen) atoms. The minimum absolute atomic E-state index is 0.0225. The zero-order valence-electron chi connectivity index (χ0n) is 32.3. The zero-order valence-corrected chi connectivity index (χ0v) is 33.9. The van der Waals surface area contributed by atoms with Crippen LogP contribution >= 0.6 is 11.3 Å². The maximum atomic E-state index is 14.6. The Morgan fingerprint density at radius 2 is 1.66 bits per heavy atom. The van der Waals surface area contributed by atoms with Crippen molar-refractivity contribution in [3.05, 3.63) is 55.5 Å². The molecule has 1 aliphatic carbocycles. The summed E-state index contributed by atoms with van der Waals surface area (Å²) in [4.78, 5) is 56.9. The van der Waals surface area contributed by atoms with Crippen LogP contribution < -0.4 is 21.3 Å². The van der Waals surface area contributed by atoms with Crippen LogP contribution in [0.15, 0.2) is 59.7 Å². The second kappa shape index (κ2) is 18.2. The van der Waals surface area contributed by atoms with E-state index in [4.69, 9.17) is 0 Å². The van der Waals surface area contributed by atoms with Crippen LogP contribution in [-0.2, 0) is 24.4 Å². The zero-order chi connectivity index (χ0) is 39.9. The summed E-state index contributed by atoms with van der Waals surface area (Å²) in [6.07, 6.45) is 6.05. The molecule has 2 fully saturated rings. The molecular weight excluding hydrogens is 717 g/mol. The molecule has 1 saturated heterocycles. The van der Waals surface area contributed by atoms with Gasteiger partial charge in [-0.3, -0.25) is 14.4 Å². The normalized spacial score (nSPS) is 20.2. The Bertz CT molecular complexity index is 1570. The highest BCUT2D eigenvalue weighted by Crippen LogP contribution is 2.37. The Hall–Kier alpha value is -3.53. The van der Waals surface area contributed by atoms with Gasteiger partial charge in [-0.2, -0.15) is 4.31 Å². The summed E-state index contributed by atoms with van der Waals surface area (Å²) in [5.74, 6) is -2.10. The van der Waals surface area contributed by atoms with E-state index >= 15 is 0 Å². The number of rotatable bonds is 18. The van der Waals surface area contributed by atoms with E-state index in [1.54, 1.807) is 44.4 Å². The third-order valence-corrected chi connectivity index (χ3v) is 13.3. The van der Waals surface area contributed by atoms with Gasteiger partial charge in [0.15, 0.2) is 6.10 Å². The van der Waals surface area contributed by atoms with E-state index in [2.05, 4.69) is 41.0 Å². The average molecular weight is 777 g/mol. The number of aliphatic hydroxyl groups is 1. The van der Waals surface area contributed by atoms with Crippen molar-refractivity contribution < 1.29 is 32.7 Å². The van der Waals surface area contributed by atoms with Gasteiger partial charge < -0.3 is 31.3 Å². The van der Waals surface area contributed by atoms with Crippen molar-refractivity contribution in [1.82, 2.24) is 30.5 Å². The van der Waals surface area contributed by atoms with Crippen molar-refractivity contribution >= 4 is 45.1 Å². The number of urea groups is 1. The molecule has 15 heteroatoms. The molecule has 1 aliphatic heterocycles. The number of hydrogen-bond acceptors (Lipinski definition) is 8. The number of nitrogens with zero attached hydrogens (tertiary/aromatic N) is 2. The number of sulfonamides is 1. The lowest BCUT2D eigenvalue weighted by Gasteiger charge is -2.38. The summed E-state index contributed by atoms with van der Waals surface area (Å²) in [7, 11) is -2.33. The molecule has 1 aromatic rings. The highest BCUT2D eigenvalue weighted by molar-refractivity contribution is 7.91. The number of hydrogen-bond donors (Lipinski definition) is 5. The van der Waals surface area contributed by atoms with E-state index in [9.17, 15) is 32.7 Å². The number of likely N-dealkylation sites (N-methyl/N-ethyl adjacent to an activating group) is 1. The van der Waals surface area contributed by atoms with Gasteiger partial charge in [-0.1, -0.05) is 78.7 Å². The first-order chi connectivity index (χ1) is 24.7. The Morgan fingerprint density at radius 3 is 2.17 bits per heavy atom. The number of carbonyl (C=O) groups excluding carboxylic acids is 4. The van der Waals surface area contributed by atoms with Crippen LogP contribution in [0.2, 0.25) is 0 Å². The lowest BCUT2D eigenvalue weighted by Crippen LogP contribution is -2.62. The summed E-state index contributed by atoms with van der Waals surface area (Å²) < 4.78 is 27.8. The Kier molecular flexibility index (Phi) is 15.1. The highest BCUT2D eigenvalue weighted by atomic mass is 32.2. The van der Waals surface area contributed by atoms with Crippen molar-refractivity contribution in [1.29, 1.82) is 0 Å². The molecule has 2 aliphatic rings. The van der Waals surface area contributed by atoms with Crippen molar-refractivity contribution in [2.75, 3.05) is 26.7 Å². The summed E-state index contributed by atoms with van der Waals surface area (Å²) in [5.41, 5.74) is -1.38. The van der Waals surface area contributed by atoms with E-state index in [-0.39, 0.29) is 35.7 Å². The van der Waals surface area contributed by atoms with Gasteiger partial charge in [-0.05, 0) is 52.9 Å². The maximum Gasteiger partial charge on any atom is 0.315 e. The van der Waals surface area contributed by atoms with E-state index < -0.39 is 80.8 Å². The summed E-state index contributed by atoms with van der Waals surface area (Å²) >= 11 is 1.11. The summed E-state index contributed by atoms with van der Waals surface area (Å²) in [6, 6.07) is -1.11. The molecule has 296 valence electrons. The average Bonchev–Trinajstić information content (AvgIpc) is 3.51. The first kappa shape index (κ1) is 43.9. The lowest BCUT2D eigenvalue weighted by molar-refractivity contribution is -0.144. The predicted octanol–water partition coefficient (Wildman–Crippen LogP) is 3.65. The SMILES string of the molecule is C=CCNC(=O)C(O)C(CC1CC1)NC(=O)[C@@H]1[C@@H](C(C=C)C=C)CCN1C(=O)[C@@H](NC(=O)N[C@H](CN(C)S(=O)(=O)c1cccs1)C(C)(C)C)C(C)(C)C. The second-order valence-electron chi connectivity index (χ2n) is 16.3. The van der Waals surface area contributed by atoms with E-state index in [0.717, 1.165) is 24.2 Å². The summed E-state index contributed by atoms with van der Waals surface area (Å²) in [5, 5.41) is 24.0. The minimum Gasteiger partial charge on any atom is -0.381 e. The smallest absolute Gasteiger partial charge is 0.315 e. The second-order valence-corrected chi connectivity index (χ2v) is 19.5. The molecule has 1 saturated carbocycles. The van der Waals surface area contributed by atoms with Crippen molar-refractivity contribution in [3.63, 3.8) is 0 Å². The van der Waals surface area contributed by atoms with Crippen LogP contribution in [0, 0.1) is 28.6 Å². The number of aliphatic hydroxyl groups excluding tert-OH is 1. The number of nitrogens with one attached hydrogen (secondary N) is 4. The Balaban J connectivity index is 1.88. The van der Waals surface area contributed by atoms with Gasteiger partial charge in [0.25, 0.3) is 15.9 Å². The molecule has 2 unspecified atom stereocenters. The minimum atomic E-state index is -3.79. The number of amides is 5. The van der Waals surface area contributed by atoms with Crippen molar-refractivity contribution in [3.8, 4) is 0 Å². The van der Waals surface area contributed by atoms with Gasteiger partial charge in [0.05, 0.1) is 6.04 Å². The van der Waals surface area contributed by atoms with E-state index in [0.29, 0.717) is 12.8 Å². The number of thiophene rings is 1. The van der Waals surface area contributed by atoms with Gasteiger partial charge in [-0.15, -0.1) is 31.1 Å². The fraction of sp³-hybridized carbons (Fsp3) is 0.632. The van der Waals surface area contributed by atoms with Crippen molar-refractivity contribution in [2.45, 2.75) is 102 Å². The molecule has 0 aromatic carbocycles. The van der Waals surface area contributed by atoms with Gasteiger partial charge in [0.2, 0.25) is 11.8 Å². The molecule has 0 bridgehead atoms. The Labute approximate surface area is 319 Å². The van der Waals surface area contributed by atoms with Gasteiger partial charge in [-0.25, -0.2) is 13.2 Å². The fourth-order valence-electron chi connectivity index (χ4n) is 6.56. The topological polar surface area (TPSA) is 177 Å². The number of likely N-dealkylation sites (tertiary alicyclic amines) is 1. The van der Waals surface area contributed by atoms with Gasteiger partial charge in [0, 0.05) is 32.7 Å². The molecule has 3 rings (SSSR count). The summed E-state index contributed by atoms with van der Waals surface area (Å²) in [6.45, 7) is 22.9. The molecular formula is C38H60N6O7S2. The molecule has 6 atom stereocenters. The highest BCUT2D eigenvalue weighted by Gasteiger charge is 2.49. The van der Waals surface area contributed by atoms with E-state index in [1.807, 2.05) is 20.8 Å². The van der Waals surface area contributed by atoms with Crippen LogP contribution in [0.3, 0.4) is 0 Å².